The number of amides is 1. The van der Waals surface area contributed by atoms with Crippen molar-refractivity contribution in [1.82, 2.24) is 5.32 Å². The Hall–Kier alpha value is -1.88. The lowest BCUT2D eigenvalue weighted by Crippen LogP contribution is -2.17. The van der Waals surface area contributed by atoms with Gasteiger partial charge in [0.1, 0.15) is 11.5 Å². The van der Waals surface area contributed by atoms with E-state index in [9.17, 15) is 4.79 Å². The molecule has 0 fully saturated rings. The molecule has 0 aliphatic rings. The summed E-state index contributed by atoms with van der Waals surface area (Å²) in [4.78, 5) is 11.6. The Morgan fingerprint density at radius 3 is 2.80 bits per heavy atom. The minimum Gasteiger partial charge on any atom is -0.463 e. The summed E-state index contributed by atoms with van der Waals surface area (Å²) in [6, 6.07) is 11.4. The van der Waals surface area contributed by atoms with Gasteiger partial charge in [0.05, 0.1) is 12.3 Å². The number of thioether (sulfide) groups is 1. The summed E-state index contributed by atoms with van der Waals surface area (Å²) in [7, 11) is 1.62. The van der Waals surface area contributed by atoms with Gasteiger partial charge in [-0.25, -0.2) is 0 Å². The van der Waals surface area contributed by atoms with Crippen LogP contribution in [0.15, 0.2) is 40.8 Å². The van der Waals surface area contributed by atoms with E-state index in [1.807, 2.05) is 36.6 Å². The zero-order chi connectivity index (χ0) is 14.4. The molecule has 2 N–H and O–H groups in total. The lowest BCUT2D eigenvalue weighted by Gasteiger charge is -2.06. The van der Waals surface area contributed by atoms with Crippen LogP contribution < -0.4 is 10.6 Å². The zero-order valence-electron chi connectivity index (χ0n) is 11.6. The van der Waals surface area contributed by atoms with Gasteiger partial charge in [0.2, 0.25) is 0 Å². The summed E-state index contributed by atoms with van der Waals surface area (Å²) < 4.78 is 5.68. The van der Waals surface area contributed by atoms with E-state index in [1.165, 1.54) is 0 Å². The number of nitrogens with one attached hydrogen (secondary N) is 2. The van der Waals surface area contributed by atoms with E-state index in [2.05, 4.69) is 10.6 Å². The normalized spacial score (nSPS) is 10.3. The number of hydrogen-bond donors (Lipinski definition) is 2. The summed E-state index contributed by atoms with van der Waals surface area (Å²) in [5.74, 6) is 2.66. The van der Waals surface area contributed by atoms with Gasteiger partial charge in [-0.1, -0.05) is 6.07 Å². The lowest BCUT2D eigenvalue weighted by atomic mass is 10.2. The number of carbonyl (C=O) groups excluding carboxylic acids is 1. The van der Waals surface area contributed by atoms with Gasteiger partial charge in [-0.15, -0.1) is 0 Å². The summed E-state index contributed by atoms with van der Waals surface area (Å²) in [6.45, 7) is 0.603. The monoisotopic (exact) mass is 290 g/mol. The summed E-state index contributed by atoms with van der Waals surface area (Å²) >= 11 is 1.73. The van der Waals surface area contributed by atoms with Crippen LogP contribution in [-0.4, -0.2) is 19.2 Å². The van der Waals surface area contributed by atoms with Crippen LogP contribution in [0.5, 0.6) is 0 Å². The Morgan fingerprint density at radius 2 is 2.05 bits per heavy atom. The number of hydrogen-bond acceptors (Lipinski definition) is 4. The van der Waals surface area contributed by atoms with Crippen molar-refractivity contribution in [3.05, 3.63) is 53.5 Å². The van der Waals surface area contributed by atoms with Crippen molar-refractivity contribution in [2.45, 2.75) is 12.3 Å². The van der Waals surface area contributed by atoms with Crippen molar-refractivity contribution in [3.63, 3.8) is 0 Å². The van der Waals surface area contributed by atoms with E-state index in [0.717, 1.165) is 23.0 Å². The van der Waals surface area contributed by atoms with Crippen molar-refractivity contribution < 1.29 is 9.21 Å². The fourth-order valence-electron chi connectivity index (χ4n) is 1.84. The Bertz CT molecular complexity index is 581. The average molecular weight is 290 g/mol. The van der Waals surface area contributed by atoms with E-state index >= 15 is 0 Å². The molecule has 1 aromatic carbocycles. The topological polar surface area (TPSA) is 54.3 Å². The fourth-order valence-corrected chi connectivity index (χ4v) is 2.28. The van der Waals surface area contributed by atoms with Gasteiger partial charge in [-0.2, -0.15) is 11.8 Å². The Balaban J connectivity index is 1.97. The number of anilines is 1. The lowest BCUT2D eigenvalue weighted by molar-refractivity contribution is 0.0963. The second-order valence-electron chi connectivity index (χ2n) is 4.31. The van der Waals surface area contributed by atoms with Crippen LogP contribution in [0, 0.1) is 0 Å². The van der Waals surface area contributed by atoms with Crippen LogP contribution >= 0.6 is 11.8 Å². The maximum atomic E-state index is 11.6. The molecule has 0 aliphatic heterocycles. The van der Waals surface area contributed by atoms with Crippen LogP contribution in [0.25, 0.3) is 0 Å². The van der Waals surface area contributed by atoms with Crippen molar-refractivity contribution in [1.29, 1.82) is 0 Å². The highest BCUT2D eigenvalue weighted by Crippen LogP contribution is 2.16. The molecule has 0 aliphatic carbocycles. The second-order valence-corrected chi connectivity index (χ2v) is 5.18. The van der Waals surface area contributed by atoms with E-state index in [-0.39, 0.29) is 5.91 Å². The molecule has 0 atom stereocenters. The highest BCUT2D eigenvalue weighted by Gasteiger charge is 2.05. The molecule has 0 saturated carbocycles. The standard InChI is InChI=1S/C15H18N2O2S/c1-16-15(18)11-4-3-5-12(8-11)17-9-13-6-7-14(19-13)10-20-2/h3-8,17H,9-10H2,1-2H3,(H,16,18). The van der Waals surface area contributed by atoms with Gasteiger partial charge in [0, 0.05) is 18.3 Å². The van der Waals surface area contributed by atoms with E-state index in [1.54, 1.807) is 24.9 Å². The second kappa shape index (κ2) is 7.05. The molecule has 5 heteroatoms. The third-order valence-corrected chi connectivity index (χ3v) is 3.40. The van der Waals surface area contributed by atoms with Crippen LogP contribution in [-0.2, 0) is 12.3 Å². The predicted octanol–water partition coefficient (Wildman–Crippen LogP) is 3.11. The Morgan fingerprint density at radius 1 is 1.25 bits per heavy atom. The van der Waals surface area contributed by atoms with Gasteiger partial charge in [-0.3, -0.25) is 4.79 Å². The molecule has 0 bridgehead atoms. The van der Waals surface area contributed by atoms with E-state index in [0.29, 0.717) is 12.1 Å². The number of carbonyl (C=O) groups is 1. The van der Waals surface area contributed by atoms with Gasteiger partial charge in [0.15, 0.2) is 0 Å². The first-order chi connectivity index (χ1) is 9.72. The maximum Gasteiger partial charge on any atom is 0.251 e. The third kappa shape index (κ3) is 3.81. The predicted molar refractivity (Wildman–Crippen MR) is 83.1 cm³/mol. The quantitative estimate of drug-likeness (QED) is 0.858. The molecule has 1 heterocycles. The molecule has 2 rings (SSSR count). The van der Waals surface area contributed by atoms with Crippen LogP contribution in [0.4, 0.5) is 5.69 Å². The minimum atomic E-state index is -0.0890. The average Bonchev–Trinajstić information content (AvgIpc) is 2.93. The van der Waals surface area contributed by atoms with Crippen molar-refractivity contribution >= 4 is 23.4 Å². The van der Waals surface area contributed by atoms with Gasteiger partial charge in [0.25, 0.3) is 5.91 Å². The SMILES string of the molecule is CNC(=O)c1cccc(NCc2ccc(CSC)o2)c1. The molecule has 1 aromatic heterocycles. The van der Waals surface area contributed by atoms with Crippen LogP contribution in [0.3, 0.4) is 0 Å². The molecule has 0 radical (unpaired) electrons. The van der Waals surface area contributed by atoms with Crippen molar-refractivity contribution in [2.75, 3.05) is 18.6 Å². The minimum absolute atomic E-state index is 0.0890. The molecule has 2 aromatic rings. The Labute approximate surface area is 122 Å². The number of rotatable bonds is 6. The third-order valence-electron chi connectivity index (χ3n) is 2.82. The highest BCUT2D eigenvalue weighted by atomic mass is 32.2. The maximum absolute atomic E-state index is 11.6. The molecule has 4 nitrogen and oxygen atoms in total. The smallest absolute Gasteiger partial charge is 0.251 e. The van der Waals surface area contributed by atoms with Crippen molar-refractivity contribution in [2.24, 2.45) is 0 Å². The summed E-state index contributed by atoms with van der Waals surface area (Å²) in [5.41, 5.74) is 1.54. The van der Waals surface area contributed by atoms with Crippen LogP contribution in [0.1, 0.15) is 21.9 Å². The number of benzene rings is 1. The van der Waals surface area contributed by atoms with Gasteiger partial charge < -0.3 is 15.1 Å². The summed E-state index contributed by atoms with van der Waals surface area (Å²) in [6.07, 6.45) is 2.05. The zero-order valence-corrected chi connectivity index (χ0v) is 12.4. The van der Waals surface area contributed by atoms with Crippen LogP contribution in [0.2, 0.25) is 0 Å². The molecular weight excluding hydrogens is 272 g/mol. The first-order valence-electron chi connectivity index (χ1n) is 6.35. The Kier molecular flexibility index (Phi) is 5.12. The van der Waals surface area contributed by atoms with E-state index in [4.69, 9.17) is 4.42 Å². The largest absolute Gasteiger partial charge is 0.463 e. The molecule has 0 saturated heterocycles. The molecular formula is C15H18N2O2S. The highest BCUT2D eigenvalue weighted by molar-refractivity contribution is 7.97. The van der Waals surface area contributed by atoms with Crippen molar-refractivity contribution in [3.8, 4) is 0 Å². The first-order valence-corrected chi connectivity index (χ1v) is 7.75. The molecule has 0 unspecified atom stereocenters. The molecule has 1 amide bonds. The van der Waals surface area contributed by atoms with E-state index < -0.39 is 0 Å². The fraction of sp³-hybridized carbons (Fsp3) is 0.267. The summed E-state index contributed by atoms with van der Waals surface area (Å²) in [5, 5.41) is 5.87. The van der Waals surface area contributed by atoms with Gasteiger partial charge in [-0.05, 0) is 36.6 Å². The molecule has 106 valence electrons. The molecule has 20 heavy (non-hydrogen) atoms. The first kappa shape index (κ1) is 14.5. The number of furan rings is 1. The molecule has 0 spiro atoms. The van der Waals surface area contributed by atoms with Gasteiger partial charge >= 0.3 is 0 Å².